The van der Waals surface area contributed by atoms with E-state index >= 15 is 0 Å². The van der Waals surface area contributed by atoms with Crippen LogP contribution in [0.4, 0.5) is 0 Å². The predicted octanol–water partition coefficient (Wildman–Crippen LogP) is 0.347. The van der Waals surface area contributed by atoms with Gasteiger partial charge in [-0.25, -0.2) is 0 Å². The second-order valence-corrected chi connectivity index (χ2v) is 4.98. The van der Waals surface area contributed by atoms with Crippen LogP contribution in [0.5, 0.6) is 0 Å². The highest BCUT2D eigenvalue weighted by Gasteiger charge is 2.23. The third-order valence-corrected chi connectivity index (χ3v) is 3.54. The summed E-state index contributed by atoms with van der Waals surface area (Å²) in [6.45, 7) is 6.02. The first-order chi connectivity index (χ1) is 9.40. The maximum absolute atomic E-state index is 5.79. The lowest BCUT2D eigenvalue weighted by Gasteiger charge is -2.33. The van der Waals surface area contributed by atoms with E-state index in [2.05, 4.69) is 10.00 Å². The summed E-state index contributed by atoms with van der Waals surface area (Å²) < 4.78 is 18.6. The SMILES string of the molecule is c1cnn(CC2CN(CCC3OCCO3)CCO2)c1. The summed E-state index contributed by atoms with van der Waals surface area (Å²) in [5.41, 5.74) is 0. The zero-order valence-electron chi connectivity index (χ0n) is 11.1. The lowest BCUT2D eigenvalue weighted by atomic mass is 10.2. The first kappa shape index (κ1) is 13.1. The lowest BCUT2D eigenvalue weighted by molar-refractivity contribution is -0.0694. The molecule has 1 atom stereocenters. The Kier molecular flexibility index (Phi) is 4.45. The van der Waals surface area contributed by atoms with Gasteiger partial charge >= 0.3 is 0 Å². The summed E-state index contributed by atoms with van der Waals surface area (Å²) in [5, 5.41) is 4.22. The fourth-order valence-corrected chi connectivity index (χ4v) is 2.57. The Hall–Kier alpha value is -0.950. The number of rotatable bonds is 5. The molecule has 19 heavy (non-hydrogen) atoms. The summed E-state index contributed by atoms with van der Waals surface area (Å²) in [4.78, 5) is 2.42. The van der Waals surface area contributed by atoms with Gasteiger partial charge in [0.25, 0.3) is 0 Å². The number of morpholine rings is 1. The van der Waals surface area contributed by atoms with Crippen LogP contribution in [0.25, 0.3) is 0 Å². The van der Waals surface area contributed by atoms with Crippen LogP contribution in [0.1, 0.15) is 6.42 Å². The molecule has 0 amide bonds. The van der Waals surface area contributed by atoms with Crippen molar-refractivity contribution in [1.82, 2.24) is 14.7 Å². The van der Waals surface area contributed by atoms with Gasteiger partial charge in [0.15, 0.2) is 6.29 Å². The van der Waals surface area contributed by atoms with Crippen molar-refractivity contribution < 1.29 is 14.2 Å². The smallest absolute Gasteiger partial charge is 0.159 e. The van der Waals surface area contributed by atoms with Crippen LogP contribution < -0.4 is 0 Å². The van der Waals surface area contributed by atoms with Gasteiger partial charge in [-0.05, 0) is 6.07 Å². The Morgan fingerprint density at radius 3 is 2.84 bits per heavy atom. The summed E-state index contributed by atoms with van der Waals surface area (Å²) in [7, 11) is 0. The van der Waals surface area contributed by atoms with Gasteiger partial charge in [-0.15, -0.1) is 0 Å². The summed E-state index contributed by atoms with van der Waals surface area (Å²) in [5.74, 6) is 0. The molecule has 0 aliphatic carbocycles. The minimum absolute atomic E-state index is 0.00703. The molecule has 106 valence electrons. The van der Waals surface area contributed by atoms with Crippen LogP contribution in [0.15, 0.2) is 18.5 Å². The Bertz CT molecular complexity index is 365. The Morgan fingerprint density at radius 1 is 1.16 bits per heavy atom. The largest absolute Gasteiger partial charge is 0.374 e. The van der Waals surface area contributed by atoms with Crippen molar-refractivity contribution in [2.45, 2.75) is 25.4 Å². The number of ether oxygens (including phenoxy) is 3. The zero-order valence-corrected chi connectivity index (χ0v) is 11.1. The third-order valence-electron chi connectivity index (χ3n) is 3.54. The minimum Gasteiger partial charge on any atom is -0.374 e. The molecule has 2 aliphatic rings. The van der Waals surface area contributed by atoms with Crippen LogP contribution in [0, 0.1) is 0 Å². The van der Waals surface area contributed by atoms with Crippen LogP contribution >= 0.6 is 0 Å². The van der Waals surface area contributed by atoms with Gasteiger partial charge in [-0.1, -0.05) is 0 Å². The van der Waals surface area contributed by atoms with Gasteiger partial charge in [-0.2, -0.15) is 5.10 Å². The van der Waals surface area contributed by atoms with Crippen LogP contribution in [-0.2, 0) is 20.8 Å². The summed E-state index contributed by atoms with van der Waals surface area (Å²) in [6, 6.07) is 1.94. The Balaban J connectivity index is 1.42. The van der Waals surface area contributed by atoms with Crippen molar-refractivity contribution in [3.63, 3.8) is 0 Å². The molecule has 0 radical (unpaired) electrons. The van der Waals surface area contributed by atoms with E-state index < -0.39 is 0 Å². The highest BCUT2D eigenvalue weighted by molar-refractivity contribution is 4.80. The zero-order chi connectivity index (χ0) is 12.9. The average molecular weight is 267 g/mol. The van der Waals surface area contributed by atoms with E-state index in [1.165, 1.54) is 0 Å². The van der Waals surface area contributed by atoms with E-state index in [1.807, 2.05) is 16.9 Å². The summed E-state index contributed by atoms with van der Waals surface area (Å²) >= 11 is 0. The van der Waals surface area contributed by atoms with Crippen molar-refractivity contribution in [3.8, 4) is 0 Å². The monoisotopic (exact) mass is 267 g/mol. The molecule has 2 saturated heterocycles. The van der Waals surface area contributed by atoms with Gasteiger partial charge in [0, 0.05) is 38.4 Å². The van der Waals surface area contributed by atoms with E-state index in [1.54, 1.807) is 6.20 Å². The standard InChI is InChI=1S/C13H21N3O3/c1-3-14-16(4-1)11-12-10-15(6-7-17-12)5-2-13-18-8-9-19-13/h1,3-4,12-13H,2,5-11H2. The molecule has 0 N–H and O–H groups in total. The fourth-order valence-electron chi connectivity index (χ4n) is 2.57. The fraction of sp³-hybridized carbons (Fsp3) is 0.769. The van der Waals surface area contributed by atoms with E-state index in [9.17, 15) is 0 Å². The Labute approximate surface area is 113 Å². The number of nitrogens with zero attached hydrogens (tertiary/aromatic N) is 3. The molecular weight excluding hydrogens is 246 g/mol. The highest BCUT2D eigenvalue weighted by Crippen LogP contribution is 2.12. The predicted molar refractivity (Wildman–Crippen MR) is 68.7 cm³/mol. The molecule has 6 nitrogen and oxygen atoms in total. The molecule has 0 aromatic carbocycles. The molecule has 3 heterocycles. The number of hydrogen-bond donors (Lipinski definition) is 0. The number of hydrogen-bond acceptors (Lipinski definition) is 5. The maximum Gasteiger partial charge on any atom is 0.159 e. The van der Waals surface area contributed by atoms with Crippen molar-refractivity contribution in [1.29, 1.82) is 0 Å². The van der Waals surface area contributed by atoms with Crippen LogP contribution in [0.2, 0.25) is 0 Å². The molecule has 2 fully saturated rings. The molecule has 0 bridgehead atoms. The maximum atomic E-state index is 5.79. The molecular formula is C13H21N3O3. The van der Waals surface area contributed by atoms with Gasteiger partial charge in [-0.3, -0.25) is 9.58 Å². The third kappa shape index (κ3) is 3.76. The van der Waals surface area contributed by atoms with Gasteiger partial charge in [0.05, 0.1) is 32.5 Å². The minimum atomic E-state index is -0.00703. The second kappa shape index (κ2) is 6.47. The molecule has 3 rings (SSSR count). The lowest BCUT2D eigenvalue weighted by Crippen LogP contribution is -2.45. The normalized spacial score (nSPS) is 26.0. The highest BCUT2D eigenvalue weighted by atomic mass is 16.7. The van der Waals surface area contributed by atoms with Crippen molar-refractivity contribution >= 4 is 0 Å². The van der Waals surface area contributed by atoms with Crippen molar-refractivity contribution in [2.24, 2.45) is 0 Å². The topological polar surface area (TPSA) is 48.8 Å². The number of aromatic nitrogens is 2. The molecule has 0 saturated carbocycles. The van der Waals surface area contributed by atoms with E-state index in [0.717, 1.165) is 52.4 Å². The second-order valence-electron chi connectivity index (χ2n) is 4.98. The van der Waals surface area contributed by atoms with E-state index in [0.29, 0.717) is 0 Å². The Morgan fingerprint density at radius 2 is 2.05 bits per heavy atom. The molecule has 1 unspecified atom stereocenters. The summed E-state index contributed by atoms with van der Waals surface area (Å²) in [6.07, 6.45) is 4.93. The molecule has 0 spiro atoms. The van der Waals surface area contributed by atoms with Gasteiger partial charge in [0.2, 0.25) is 0 Å². The molecule has 6 heteroatoms. The first-order valence-corrected chi connectivity index (χ1v) is 6.95. The van der Waals surface area contributed by atoms with Crippen LogP contribution in [0.3, 0.4) is 0 Å². The average Bonchev–Trinajstić information content (AvgIpc) is 3.10. The van der Waals surface area contributed by atoms with Crippen molar-refractivity contribution in [3.05, 3.63) is 18.5 Å². The van der Waals surface area contributed by atoms with Crippen LogP contribution in [-0.4, -0.2) is 66.5 Å². The molecule has 2 aliphatic heterocycles. The van der Waals surface area contributed by atoms with E-state index in [4.69, 9.17) is 14.2 Å². The first-order valence-electron chi connectivity index (χ1n) is 6.95. The van der Waals surface area contributed by atoms with E-state index in [-0.39, 0.29) is 12.4 Å². The van der Waals surface area contributed by atoms with Gasteiger partial charge in [0.1, 0.15) is 0 Å². The van der Waals surface area contributed by atoms with Crippen molar-refractivity contribution in [2.75, 3.05) is 39.5 Å². The molecule has 1 aromatic heterocycles. The molecule has 1 aromatic rings. The van der Waals surface area contributed by atoms with Gasteiger partial charge < -0.3 is 14.2 Å². The quantitative estimate of drug-likeness (QED) is 0.770.